The second-order valence-corrected chi connectivity index (χ2v) is 5.99. The molecule has 0 aliphatic carbocycles. The van der Waals surface area contributed by atoms with Crippen LogP contribution < -0.4 is 0 Å². The topological polar surface area (TPSA) is 56.4 Å². The van der Waals surface area contributed by atoms with Gasteiger partial charge in [0.2, 0.25) is 5.91 Å². The Morgan fingerprint density at radius 1 is 1.14 bits per heavy atom. The lowest BCUT2D eigenvalue weighted by Gasteiger charge is -2.34. The van der Waals surface area contributed by atoms with Gasteiger partial charge in [-0.2, -0.15) is 0 Å². The van der Waals surface area contributed by atoms with Gasteiger partial charge in [-0.1, -0.05) is 17.7 Å². The lowest BCUT2D eigenvalue weighted by Crippen LogP contribution is -2.50. The molecule has 0 bridgehead atoms. The summed E-state index contributed by atoms with van der Waals surface area (Å²) in [4.78, 5) is 31.0. The van der Waals surface area contributed by atoms with E-state index >= 15 is 0 Å². The third kappa shape index (κ3) is 2.46. The number of hydrogen-bond acceptors (Lipinski definition) is 2. The van der Waals surface area contributed by atoms with Gasteiger partial charge in [0.15, 0.2) is 0 Å². The Morgan fingerprint density at radius 2 is 1.77 bits per heavy atom. The predicted octanol–water partition coefficient (Wildman–Crippen LogP) is 2.43. The van der Waals surface area contributed by atoms with Crippen molar-refractivity contribution in [1.29, 1.82) is 0 Å². The molecular weight excluding hydrogens is 302 g/mol. The highest BCUT2D eigenvalue weighted by Gasteiger charge is 2.27. The predicted molar refractivity (Wildman–Crippen MR) is 86.2 cm³/mol. The summed E-state index contributed by atoms with van der Waals surface area (Å²) in [5.41, 5.74) is 2.33. The van der Waals surface area contributed by atoms with E-state index < -0.39 is 0 Å². The Labute approximate surface area is 133 Å². The van der Waals surface area contributed by atoms with Crippen molar-refractivity contribution >= 4 is 34.3 Å². The van der Waals surface area contributed by atoms with Crippen molar-refractivity contribution in [2.24, 2.45) is 0 Å². The van der Waals surface area contributed by atoms with Gasteiger partial charge in [0.1, 0.15) is 0 Å². The number of nitrogens with one attached hydrogen (secondary N) is 1. The normalized spacial score (nSPS) is 15.4. The van der Waals surface area contributed by atoms with Crippen LogP contribution in [-0.4, -0.2) is 52.8 Å². The number of H-pyrrole nitrogens is 1. The molecule has 1 aromatic carbocycles. The van der Waals surface area contributed by atoms with E-state index in [1.807, 2.05) is 19.1 Å². The maximum absolute atomic E-state index is 12.9. The molecule has 1 aromatic heterocycles. The second-order valence-electron chi connectivity index (χ2n) is 5.59. The molecule has 0 saturated carbocycles. The van der Waals surface area contributed by atoms with Crippen molar-refractivity contribution in [2.75, 3.05) is 26.2 Å². The van der Waals surface area contributed by atoms with Gasteiger partial charge in [-0.3, -0.25) is 9.59 Å². The molecule has 2 amide bonds. The van der Waals surface area contributed by atoms with Gasteiger partial charge in [-0.25, -0.2) is 0 Å². The van der Waals surface area contributed by atoms with E-state index in [0.29, 0.717) is 36.8 Å². The number of benzene rings is 1. The molecular formula is C16H18ClN3O2. The number of carbonyl (C=O) groups is 2. The van der Waals surface area contributed by atoms with Crippen molar-refractivity contribution in [1.82, 2.24) is 14.8 Å². The first-order valence-corrected chi connectivity index (χ1v) is 7.68. The lowest BCUT2D eigenvalue weighted by molar-refractivity contribution is -0.130. The van der Waals surface area contributed by atoms with Gasteiger partial charge >= 0.3 is 0 Å². The SMILES string of the molecule is CC(=O)N1CCN(C(=O)c2c(C)[nH]c3cccc(Cl)c23)CC1. The molecule has 1 aliphatic heterocycles. The van der Waals surface area contributed by atoms with Crippen molar-refractivity contribution in [3.63, 3.8) is 0 Å². The number of nitrogens with zero attached hydrogens (tertiary/aromatic N) is 2. The van der Waals surface area contributed by atoms with Crippen LogP contribution in [0.4, 0.5) is 0 Å². The summed E-state index contributed by atoms with van der Waals surface area (Å²) in [5, 5.41) is 1.35. The highest BCUT2D eigenvalue weighted by atomic mass is 35.5. The van der Waals surface area contributed by atoms with E-state index in [1.54, 1.807) is 22.8 Å². The minimum absolute atomic E-state index is 0.0277. The number of carbonyl (C=O) groups excluding carboxylic acids is 2. The summed E-state index contributed by atoms with van der Waals surface area (Å²) in [5.74, 6) is 0.0264. The fourth-order valence-corrected chi connectivity index (χ4v) is 3.25. The number of aromatic nitrogens is 1. The number of piperazine rings is 1. The minimum Gasteiger partial charge on any atom is -0.358 e. The molecule has 22 heavy (non-hydrogen) atoms. The van der Waals surface area contributed by atoms with E-state index in [0.717, 1.165) is 16.6 Å². The van der Waals surface area contributed by atoms with Crippen molar-refractivity contribution in [2.45, 2.75) is 13.8 Å². The molecule has 0 atom stereocenters. The quantitative estimate of drug-likeness (QED) is 0.877. The van der Waals surface area contributed by atoms with Gasteiger partial charge in [0.05, 0.1) is 10.6 Å². The molecule has 2 heterocycles. The largest absolute Gasteiger partial charge is 0.358 e. The Kier molecular flexibility index (Phi) is 3.83. The Balaban J connectivity index is 1.90. The highest BCUT2D eigenvalue weighted by Crippen LogP contribution is 2.30. The fourth-order valence-electron chi connectivity index (χ4n) is 2.98. The van der Waals surface area contributed by atoms with Crippen LogP contribution in [0, 0.1) is 6.92 Å². The lowest BCUT2D eigenvalue weighted by atomic mass is 10.1. The number of fused-ring (bicyclic) bond motifs is 1. The van der Waals surface area contributed by atoms with Gasteiger partial charge in [-0.15, -0.1) is 0 Å². The summed E-state index contributed by atoms with van der Waals surface area (Å²) < 4.78 is 0. The van der Waals surface area contributed by atoms with Gasteiger partial charge in [0, 0.05) is 49.7 Å². The molecule has 0 spiro atoms. The van der Waals surface area contributed by atoms with Crippen LogP contribution in [0.5, 0.6) is 0 Å². The summed E-state index contributed by atoms with van der Waals surface area (Å²) in [6.45, 7) is 5.70. The molecule has 6 heteroatoms. The average Bonchev–Trinajstić information content (AvgIpc) is 2.84. The summed E-state index contributed by atoms with van der Waals surface area (Å²) in [6, 6.07) is 5.57. The van der Waals surface area contributed by atoms with Gasteiger partial charge in [0.25, 0.3) is 5.91 Å². The molecule has 5 nitrogen and oxygen atoms in total. The van der Waals surface area contributed by atoms with Crippen molar-refractivity contribution in [3.05, 3.63) is 34.5 Å². The summed E-state index contributed by atoms with van der Waals surface area (Å²) in [6.07, 6.45) is 0. The van der Waals surface area contributed by atoms with Crippen LogP contribution in [0.1, 0.15) is 23.0 Å². The monoisotopic (exact) mass is 319 g/mol. The molecule has 116 valence electrons. The van der Waals surface area contributed by atoms with E-state index in [2.05, 4.69) is 4.98 Å². The molecule has 1 saturated heterocycles. The van der Waals surface area contributed by atoms with Crippen LogP contribution in [0.2, 0.25) is 5.02 Å². The maximum atomic E-state index is 12.9. The summed E-state index contributed by atoms with van der Waals surface area (Å²) >= 11 is 6.28. The van der Waals surface area contributed by atoms with E-state index in [-0.39, 0.29) is 11.8 Å². The number of rotatable bonds is 1. The first kappa shape index (κ1) is 14.9. The molecule has 0 unspecified atom stereocenters. The zero-order valence-electron chi connectivity index (χ0n) is 12.6. The Hall–Kier alpha value is -2.01. The number of hydrogen-bond donors (Lipinski definition) is 1. The van der Waals surface area contributed by atoms with E-state index in [9.17, 15) is 9.59 Å². The molecule has 1 N–H and O–H groups in total. The van der Waals surface area contributed by atoms with Crippen LogP contribution in [0.15, 0.2) is 18.2 Å². The number of aryl methyl sites for hydroxylation is 1. The van der Waals surface area contributed by atoms with Crippen LogP contribution in [0.25, 0.3) is 10.9 Å². The molecule has 1 fully saturated rings. The zero-order chi connectivity index (χ0) is 15.9. The summed E-state index contributed by atoms with van der Waals surface area (Å²) in [7, 11) is 0. The van der Waals surface area contributed by atoms with Crippen LogP contribution >= 0.6 is 11.6 Å². The van der Waals surface area contributed by atoms with Crippen LogP contribution in [-0.2, 0) is 4.79 Å². The molecule has 2 aromatic rings. The first-order valence-electron chi connectivity index (χ1n) is 7.30. The smallest absolute Gasteiger partial charge is 0.256 e. The zero-order valence-corrected chi connectivity index (χ0v) is 13.4. The highest BCUT2D eigenvalue weighted by molar-refractivity contribution is 6.37. The number of amides is 2. The average molecular weight is 320 g/mol. The Morgan fingerprint density at radius 3 is 2.41 bits per heavy atom. The third-order valence-electron chi connectivity index (χ3n) is 4.19. The number of aromatic amines is 1. The second kappa shape index (κ2) is 5.65. The first-order chi connectivity index (χ1) is 10.5. The third-order valence-corrected chi connectivity index (χ3v) is 4.50. The fraction of sp³-hybridized carbons (Fsp3) is 0.375. The van der Waals surface area contributed by atoms with E-state index in [1.165, 1.54) is 0 Å². The van der Waals surface area contributed by atoms with Crippen molar-refractivity contribution < 1.29 is 9.59 Å². The van der Waals surface area contributed by atoms with Gasteiger partial charge < -0.3 is 14.8 Å². The standard InChI is InChI=1S/C16H18ClN3O2/c1-10-14(15-12(17)4-3-5-13(15)18-10)16(22)20-8-6-19(7-9-20)11(2)21/h3-5,18H,6-9H2,1-2H3. The van der Waals surface area contributed by atoms with Crippen molar-refractivity contribution in [3.8, 4) is 0 Å². The molecule has 3 rings (SSSR count). The minimum atomic E-state index is -0.0277. The Bertz CT molecular complexity index is 745. The van der Waals surface area contributed by atoms with Gasteiger partial charge in [-0.05, 0) is 19.1 Å². The molecule has 1 aliphatic rings. The number of halogens is 1. The van der Waals surface area contributed by atoms with Crippen LogP contribution in [0.3, 0.4) is 0 Å². The van der Waals surface area contributed by atoms with E-state index in [4.69, 9.17) is 11.6 Å². The maximum Gasteiger partial charge on any atom is 0.256 e. The molecule has 0 radical (unpaired) electrons.